The molecule has 0 spiro atoms. The van der Waals surface area contributed by atoms with E-state index in [1.165, 1.54) is 24.8 Å². The van der Waals surface area contributed by atoms with Crippen LogP contribution in [0.1, 0.15) is 72.1 Å². The maximum absolute atomic E-state index is 12.8. The van der Waals surface area contributed by atoms with Gasteiger partial charge < -0.3 is 4.74 Å². The highest BCUT2D eigenvalue weighted by molar-refractivity contribution is 5.91. The van der Waals surface area contributed by atoms with E-state index in [4.69, 9.17) is 4.74 Å². The second kappa shape index (κ2) is 6.58. The largest absolute Gasteiger partial charge is 0.374 e. The molecule has 0 aromatic carbocycles. The first-order valence-corrected chi connectivity index (χ1v) is 10.7. The number of ether oxygens (including phenoxy) is 1. The van der Waals surface area contributed by atoms with Gasteiger partial charge in [0.2, 0.25) is 0 Å². The van der Waals surface area contributed by atoms with Gasteiger partial charge in [0.1, 0.15) is 6.61 Å². The van der Waals surface area contributed by atoms with Crippen LogP contribution in [0.3, 0.4) is 0 Å². The molecule has 4 aliphatic carbocycles. The molecule has 0 aliphatic heterocycles. The van der Waals surface area contributed by atoms with Gasteiger partial charge in [-0.05, 0) is 86.5 Å². The van der Waals surface area contributed by atoms with E-state index in [2.05, 4.69) is 13.8 Å². The smallest absolute Gasteiger partial charge is 0.162 e. The number of allylic oxidation sites excluding steroid dienone is 1. The molecule has 0 amide bonds. The molecule has 0 unspecified atom stereocenters. The van der Waals surface area contributed by atoms with Crippen LogP contribution in [0.15, 0.2) is 11.6 Å². The number of carbonyl (C=O) groups is 2. The summed E-state index contributed by atoms with van der Waals surface area (Å²) in [5, 5.41) is 0. The highest BCUT2D eigenvalue weighted by Gasteiger charge is 2.59. The Labute approximate surface area is 157 Å². The van der Waals surface area contributed by atoms with Crippen LogP contribution in [-0.2, 0) is 14.3 Å². The van der Waals surface area contributed by atoms with E-state index >= 15 is 0 Å². The minimum absolute atomic E-state index is 0.164. The number of ketones is 2. The lowest BCUT2D eigenvalue weighted by molar-refractivity contribution is -0.134. The number of rotatable bonds is 4. The zero-order valence-corrected chi connectivity index (χ0v) is 16.7. The molecule has 0 radical (unpaired) electrons. The second-order valence-electron chi connectivity index (χ2n) is 9.75. The summed E-state index contributed by atoms with van der Waals surface area (Å²) in [6.45, 7) is 7.70. The molecule has 0 N–H and O–H groups in total. The fourth-order valence-electron chi connectivity index (χ4n) is 7.39. The fourth-order valence-corrected chi connectivity index (χ4v) is 7.39. The van der Waals surface area contributed by atoms with Crippen molar-refractivity contribution in [3.63, 3.8) is 0 Å². The van der Waals surface area contributed by atoms with Crippen molar-refractivity contribution in [1.82, 2.24) is 0 Å². The summed E-state index contributed by atoms with van der Waals surface area (Å²) in [5.74, 6) is 2.97. The molecule has 144 valence electrons. The Morgan fingerprint density at radius 2 is 1.92 bits per heavy atom. The van der Waals surface area contributed by atoms with E-state index in [9.17, 15) is 9.59 Å². The topological polar surface area (TPSA) is 43.4 Å². The first-order chi connectivity index (χ1) is 12.4. The van der Waals surface area contributed by atoms with Gasteiger partial charge >= 0.3 is 0 Å². The average Bonchev–Trinajstić information content (AvgIpc) is 2.97. The molecule has 3 fully saturated rings. The minimum Gasteiger partial charge on any atom is -0.374 e. The van der Waals surface area contributed by atoms with Crippen LogP contribution >= 0.6 is 0 Å². The van der Waals surface area contributed by atoms with Crippen LogP contribution < -0.4 is 0 Å². The molecule has 0 heterocycles. The summed E-state index contributed by atoms with van der Waals surface area (Å²) >= 11 is 0. The first kappa shape index (κ1) is 18.4. The van der Waals surface area contributed by atoms with E-state index in [1.807, 2.05) is 13.0 Å². The summed E-state index contributed by atoms with van der Waals surface area (Å²) in [6.07, 6.45) is 10.7. The fraction of sp³-hybridized carbons (Fsp3) is 0.826. The van der Waals surface area contributed by atoms with Gasteiger partial charge in [-0.1, -0.05) is 19.4 Å². The number of carbonyl (C=O) groups excluding carboxylic acids is 2. The molecule has 6 atom stereocenters. The molecule has 0 bridgehead atoms. The molecule has 26 heavy (non-hydrogen) atoms. The zero-order chi connectivity index (χ0) is 18.5. The van der Waals surface area contributed by atoms with Gasteiger partial charge in [-0.15, -0.1) is 0 Å². The number of fused-ring (bicyclic) bond motifs is 5. The van der Waals surface area contributed by atoms with Crippen molar-refractivity contribution < 1.29 is 14.3 Å². The summed E-state index contributed by atoms with van der Waals surface area (Å²) < 4.78 is 5.45. The Balaban J connectivity index is 1.57. The van der Waals surface area contributed by atoms with Gasteiger partial charge in [-0.25, -0.2) is 0 Å². The Hall–Kier alpha value is -0.960. The van der Waals surface area contributed by atoms with Crippen molar-refractivity contribution in [3.05, 3.63) is 11.6 Å². The van der Waals surface area contributed by atoms with E-state index in [0.717, 1.165) is 38.0 Å². The zero-order valence-electron chi connectivity index (χ0n) is 16.7. The summed E-state index contributed by atoms with van der Waals surface area (Å²) in [7, 11) is 0. The third-order valence-electron chi connectivity index (χ3n) is 8.80. The van der Waals surface area contributed by atoms with Gasteiger partial charge in [0.05, 0.1) is 0 Å². The lowest BCUT2D eigenvalue weighted by atomic mass is 9.46. The molecule has 4 rings (SSSR count). The first-order valence-electron chi connectivity index (χ1n) is 10.7. The summed E-state index contributed by atoms with van der Waals surface area (Å²) in [6, 6.07) is 0. The quantitative estimate of drug-likeness (QED) is 0.729. The molecule has 3 nitrogen and oxygen atoms in total. The Morgan fingerprint density at radius 1 is 1.12 bits per heavy atom. The van der Waals surface area contributed by atoms with E-state index in [-0.39, 0.29) is 16.7 Å². The number of hydrogen-bond acceptors (Lipinski definition) is 3. The monoisotopic (exact) mass is 358 g/mol. The van der Waals surface area contributed by atoms with E-state index < -0.39 is 0 Å². The molecule has 3 heteroatoms. The molecular formula is C23H34O3. The highest BCUT2D eigenvalue weighted by atomic mass is 16.5. The van der Waals surface area contributed by atoms with Crippen molar-refractivity contribution in [3.8, 4) is 0 Å². The third-order valence-corrected chi connectivity index (χ3v) is 8.80. The van der Waals surface area contributed by atoms with Crippen LogP contribution in [0.4, 0.5) is 0 Å². The number of Topliss-reactive ketones (excluding diaryl/α,β-unsaturated/α-hetero) is 1. The molecule has 0 saturated heterocycles. The van der Waals surface area contributed by atoms with Crippen LogP contribution in [0, 0.1) is 34.5 Å². The maximum atomic E-state index is 12.8. The van der Waals surface area contributed by atoms with Gasteiger partial charge in [0, 0.05) is 18.9 Å². The predicted octanol–water partition coefficient (Wildman–Crippen LogP) is 4.74. The second-order valence-corrected chi connectivity index (χ2v) is 9.75. The van der Waals surface area contributed by atoms with Gasteiger partial charge in [-0.2, -0.15) is 0 Å². The van der Waals surface area contributed by atoms with Crippen LogP contribution in [0.5, 0.6) is 0 Å². The SMILES string of the molecule is CCOCC(=O)[C@H]1CC[C@H]2[C@@H]3CCC4=CC(=O)CC[C@]4(C)[C@H]3CC[C@]12C. The third kappa shape index (κ3) is 2.65. The summed E-state index contributed by atoms with van der Waals surface area (Å²) in [5.41, 5.74) is 1.82. The number of hydrogen-bond donors (Lipinski definition) is 0. The normalized spacial score (nSPS) is 44.7. The Kier molecular flexibility index (Phi) is 4.66. The average molecular weight is 359 g/mol. The minimum atomic E-state index is 0.164. The predicted molar refractivity (Wildman–Crippen MR) is 102 cm³/mol. The van der Waals surface area contributed by atoms with Crippen molar-refractivity contribution in [2.75, 3.05) is 13.2 Å². The lowest BCUT2D eigenvalue weighted by Gasteiger charge is -2.58. The van der Waals surface area contributed by atoms with Gasteiger partial charge in [0.15, 0.2) is 11.6 Å². The van der Waals surface area contributed by atoms with Crippen molar-refractivity contribution in [2.45, 2.75) is 72.1 Å². The molecule has 3 saturated carbocycles. The highest BCUT2D eigenvalue weighted by Crippen LogP contribution is 2.66. The molecule has 0 aromatic rings. The van der Waals surface area contributed by atoms with Crippen LogP contribution in [0.25, 0.3) is 0 Å². The van der Waals surface area contributed by atoms with Crippen molar-refractivity contribution in [1.29, 1.82) is 0 Å². The van der Waals surface area contributed by atoms with E-state index in [0.29, 0.717) is 36.6 Å². The summed E-state index contributed by atoms with van der Waals surface area (Å²) in [4.78, 5) is 24.7. The lowest BCUT2D eigenvalue weighted by Crippen LogP contribution is -2.51. The van der Waals surface area contributed by atoms with Crippen LogP contribution in [0.2, 0.25) is 0 Å². The molecule has 4 aliphatic rings. The molecular weight excluding hydrogens is 324 g/mol. The Morgan fingerprint density at radius 3 is 2.69 bits per heavy atom. The maximum Gasteiger partial charge on any atom is 0.162 e. The van der Waals surface area contributed by atoms with Gasteiger partial charge in [0.25, 0.3) is 0 Å². The standard InChI is InChI=1S/C23H34O3/c1-4-26-14-21(25)20-8-7-18-17-6-5-15-13-16(24)9-11-22(15,2)19(17)10-12-23(18,20)3/h13,17-20H,4-12,14H2,1-3H3/t17-,18-,19-,20+,22-,23-/m0/s1. The van der Waals surface area contributed by atoms with E-state index in [1.54, 1.807) is 0 Å². The van der Waals surface area contributed by atoms with Crippen molar-refractivity contribution in [2.24, 2.45) is 34.5 Å². The molecule has 0 aromatic heterocycles. The van der Waals surface area contributed by atoms with Crippen LogP contribution in [-0.4, -0.2) is 24.8 Å². The van der Waals surface area contributed by atoms with Gasteiger partial charge in [-0.3, -0.25) is 9.59 Å². The van der Waals surface area contributed by atoms with Crippen molar-refractivity contribution >= 4 is 11.6 Å². The Bertz CT molecular complexity index is 635.